The van der Waals surface area contributed by atoms with Crippen molar-refractivity contribution in [2.45, 2.75) is 12.7 Å². The van der Waals surface area contributed by atoms with E-state index in [0.29, 0.717) is 17.0 Å². The Balaban J connectivity index is 1.52. The number of furan rings is 1. The molecule has 0 spiro atoms. The van der Waals surface area contributed by atoms with Crippen molar-refractivity contribution in [1.82, 2.24) is 14.5 Å². The molecule has 11 heteroatoms. The van der Waals surface area contributed by atoms with E-state index in [0.717, 1.165) is 17.0 Å². The highest BCUT2D eigenvalue weighted by Gasteiger charge is 2.31. The number of thiophene rings is 1. The molecule has 0 bridgehead atoms. The number of imidazole rings is 1. The van der Waals surface area contributed by atoms with Crippen molar-refractivity contribution < 1.29 is 22.4 Å². The number of pyridine rings is 1. The standard InChI is InChI=1S/C23H15F3N4O3S/c24-23(25,26)13-5-8-18-17(11-13)28-22(30(18)12-14-3-1-9-33-14)29-21(32)15-6-7-16(27-20(15)31)19-4-2-10-34-19/h1-11H,12H2,(H,27,31)(H,28,29,32). The highest BCUT2D eigenvalue weighted by molar-refractivity contribution is 7.13. The summed E-state index contributed by atoms with van der Waals surface area (Å²) < 4.78 is 46.4. The number of H-pyrrole nitrogens is 1. The molecule has 1 aromatic carbocycles. The van der Waals surface area contributed by atoms with Crippen LogP contribution in [0.5, 0.6) is 0 Å². The summed E-state index contributed by atoms with van der Waals surface area (Å²) >= 11 is 1.44. The van der Waals surface area contributed by atoms with Crippen LogP contribution in [0.3, 0.4) is 0 Å². The fraction of sp³-hybridized carbons (Fsp3) is 0.0870. The van der Waals surface area contributed by atoms with E-state index in [1.807, 2.05) is 17.5 Å². The minimum absolute atomic E-state index is 0.0162. The van der Waals surface area contributed by atoms with E-state index in [4.69, 9.17) is 4.42 Å². The Morgan fingerprint density at radius 1 is 1.15 bits per heavy atom. The van der Waals surface area contributed by atoms with Gasteiger partial charge in [-0.15, -0.1) is 11.3 Å². The maximum atomic E-state index is 13.2. The topological polar surface area (TPSA) is 92.9 Å². The predicted octanol–water partition coefficient (Wildman–Crippen LogP) is 5.37. The second kappa shape index (κ2) is 8.34. The lowest BCUT2D eigenvalue weighted by Crippen LogP contribution is -2.24. The monoisotopic (exact) mass is 484 g/mol. The smallest absolute Gasteiger partial charge is 0.416 e. The van der Waals surface area contributed by atoms with Crippen LogP contribution in [0.4, 0.5) is 19.1 Å². The molecule has 4 heterocycles. The van der Waals surface area contributed by atoms with Crippen LogP contribution >= 0.6 is 11.3 Å². The number of halogens is 3. The molecule has 0 aliphatic heterocycles. The van der Waals surface area contributed by atoms with Crippen LogP contribution in [0.2, 0.25) is 0 Å². The minimum Gasteiger partial charge on any atom is -0.467 e. The molecule has 5 rings (SSSR count). The number of hydrogen-bond donors (Lipinski definition) is 2. The summed E-state index contributed by atoms with van der Waals surface area (Å²) in [5.41, 5.74) is -0.646. The number of nitrogens with zero attached hydrogens (tertiary/aromatic N) is 2. The number of hydrogen-bond acceptors (Lipinski definition) is 5. The number of amides is 1. The molecule has 1 amide bonds. The summed E-state index contributed by atoms with van der Waals surface area (Å²) in [4.78, 5) is 33.2. The molecule has 0 atom stereocenters. The Morgan fingerprint density at radius 3 is 2.68 bits per heavy atom. The van der Waals surface area contributed by atoms with Crippen molar-refractivity contribution in [2.24, 2.45) is 0 Å². The molecule has 0 fully saturated rings. The van der Waals surface area contributed by atoms with E-state index in [-0.39, 0.29) is 23.6 Å². The zero-order valence-corrected chi connectivity index (χ0v) is 18.0. The summed E-state index contributed by atoms with van der Waals surface area (Å²) in [6.45, 7) is 0.109. The van der Waals surface area contributed by atoms with E-state index in [1.54, 1.807) is 18.2 Å². The number of anilines is 1. The number of fused-ring (bicyclic) bond motifs is 1. The van der Waals surface area contributed by atoms with Crippen molar-refractivity contribution in [1.29, 1.82) is 0 Å². The predicted molar refractivity (Wildman–Crippen MR) is 121 cm³/mol. The average molecular weight is 484 g/mol. The molecule has 2 N–H and O–H groups in total. The van der Waals surface area contributed by atoms with Gasteiger partial charge in [-0.3, -0.25) is 14.9 Å². The summed E-state index contributed by atoms with van der Waals surface area (Å²) in [5.74, 6) is -0.253. The Morgan fingerprint density at radius 2 is 2.00 bits per heavy atom. The quantitative estimate of drug-likeness (QED) is 0.351. The number of carbonyl (C=O) groups is 1. The first-order valence-corrected chi connectivity index (χ1v) is 10.9. The summed E-state index contributed by atoms with van der Waals surface area (Å²) in [6.07, 6.45) is -3.08. The van der Waals surface area contributed by atoms with Gasteiger partial charge in [-0.25, -0.2) is 4.98 Å². The number of nitrogens with one attached hydrogen (secondary N) is 2. The first-order valence-electron chi connectivity index (χ1n) is 9.98. The van der Waals surface area contributed by atoms with Crippen LogP contribution < -0.4 is 10.9 Å². The van der Waals surface area contributed by atoms with Crippen molar-refractivity contribution in [2.75, 3.05) is 5.32 Å². The largest absolute Gasteiger partial charge is 0.467 e. The number of carbonyl (C=O) groups excluding carboxylic acids is 1. The molecule has 0 saturated heterocycles. The third-order valence-corrected chi connectivity index (χ3v) is 6.04. The second-order valence-corrected chi connectivity index (χ2v) is 8.30. The molecule has 4 aromatic heterocycles. The minimum atomic E-state index is -4.54. The Labute approximate surface area is 193 Å². The van der Waals surface area contributed by atoms with Gasteiger partial charge < -0.3 is 14.0 Å². The van der Waals surface area contributed by atoms with Gasteiger partial charge >= 0.3 is 6.18 Å². The lowest BCUT2D eigenvalue weighted by molar-refractivity contribution is -0.137. The lowest BCUT2D eigenvalue weighted by atomic mass is 10.2. The third kappa shape index (κ3) is 4.13. The fourth-order valence-corrected chi connectivity index (χ4v) is 4.22. The molecule has 172 valence electrons. The molecule has 0 aliphatic rings. The van der Waals surface area contributed by atoms with E-state index in [9.17, 15) is 22.8 Å². The molecule has 0 radical (unpaired) electrons. The summed E-state index contributed by atoms with van der Waals surface area (Å²) in [7, 11) is 0. The molecular weight excluding hydrogens is 469 g/mol. The molecule has 0 aliphatic carbocycles. The number of aromatic amines is 1. The number of alkyl halides is 3. The van der Waals surface area contributed by atoms with Gasteiger partial charge in [0.25, 0.3) is 11.5 Å². The zero-order chi connectivity index (χ0) is 23.9. The Bertz CT molecular complexity index is 1530. The van der Waals surface area contributed by atoms with Crippen molar-refractivity contribution in [3.8, 4) is 10.6 Å². The maximum Gasteiger partial charge on any atom is 0.416 e. The SMILES string of the molecule is O=C(Nc1nc2cc(C(F)(F)F)ccc2n1Cc1ccco1)c1ccc(-c2cccs2)[nH]c1=O. The first kappa shape index (κ1) is 21.7. The zero-order valence-electron chi connectivity index (χ0n) is 17.2. The Hall–Kier alpha value is -4.12. The molecule has 0 saturated carbocycles. The lowest BCUT2D eigenvalue weighted by Gasteiger charge is -2.09. The molecule has 34 heavy (non-hydrogen) atoms. The van der Waals surface area contributed by atoms with Crippen LogP contribution in [0.25, 0.3) is 21.6 Å². The van der Waals surface area contributed by atoms with Crippen LogP contribution in [0, 0.1) is 0 Å². The van der Waals surface area contributed by atoms with Gasteiger partial charge in [-0.2, -0.15) is 13.2 Å². The van der Waals surface area contributed by atoms with Crippen molar-refractivity contribution >= 4 is 34.2 Å². The molecule has 5 aromatic rings. The van der Waals surface area contributed by atoms with Gasteiger partial charge in [-0.1, -0.05) is 6.07 Å². The van der Waals surface area contributed by atoms with Crippen LogP contribution in [-0.4, -0.2) is 20.4 Å². The van der Waals surface area contributed by atoms with Gasteiger partial charge in [0.15, 0.2) is 0 Å². The van der Waals surface area contributed by atoms with E-state index >= 15 is 0 Å². The van der Waals surface area contributed by atoms with E-state index < -0.39 is 23.2 Å². The fourth-order valence-electron chi connectivity index (χ4n) is 3.52. The van der Waals surface area contributed by atoms with Crippen LogP contribution in [0.1, 0.15) is 21.7 Å². The van der Waals surface area contributed by atoms with Gasteiger partial charge in [0, 0.05) is 0 Å². The van der Waals surface area contributed by atoms with Crippen LogP contribution in [0.15, 0.2) is 75.5 Å². The third-order valence-electron chi connectivity index (χ3n) is 5.14. The Kier molecular flexibility index (Phi) is 5.33. The normalized spacial score (nSPS) is 11.7. The number of benzene rings is 1. The molecular formula is C23H15F3N4O3S. The van der Waals surface area contributed by atoms with Gasteiger partial charge in [-0.05, 0) is 53.9 Å². The van der Waals surface area contributed by atoms with Gasteiger partial charge in [0.2, 0.25) is 5.95 Å². The highest BCUT2D eigenvalue weighted by Crippen LogP contribution is 2.32. The first-order chi connectivity index (χ1) is 16.3. The average Bonchev–Trinajstić information content (AvgIpc) is 3.55. The van der Waals surface area contributed by atoms with Gasteiger partial charge in [0.1, 0.15) is 11.3 Å². The summed E-state index contributed by atoms with van der Waals surface area (Å²) in [5, 5.41) is 4.42. The van der Waals surface area contributed by atoms with Crippen molar-refractivity contribution in [3.63, 3.8) is 0 Å². The molecule has 7 nitrogen and oxygen atoms in total. The van der Waals surface area contributed by atoms with Crippen LogP contribution in [-0.2, 0) is 12.7 Å². The van der Waals surface area contributed by atoms with Crippen molar-refractivity contribution in [3.05, 3.63) is 93.5 Å². The molecule has 0 unspecified atom stereocenters. The highest BCUT2D eigenvalue weighted by atomic mass is 32.1. The summed E-state index contributed by atoms with van der Waals surface area (Å²) in [6, 6.07) is 13.2. The number of aromatic nitrogens is 3. The van der Waals surface area contributed by atoms with Gasteiger partial charge in [0.05, 0.1) is 40.0 Å². The second-order valence-electron chi connectivity index (χ2n) is 7.35. The maximum absolute atomic E-state index is 13.2. The van der Waals surface area contributed by atoms with E-state index in [2.05, 4.69) is 15.3 Å². The van der Waals surface area contributed by atoms with E-state index in [1.165, 1.54) is 34.3 Å². The number of rotatable bonds is 5.